The molecule has 7 heteroatoms. The van der Waals surface area contributed by atoms with Crippen LogP contribution in [0.15, 0.2) is 35.3 Å². The minimum Gasteiger partial charge on any atom is -0.383 e. The Kier molecular flexibility index (Phi) is 3.60. The van der Waals surface area contributed by atoms with Gasteiger partial charge in [0, 0.05) is 36.9 Å². The maximum atomic E-state index is 4.41. The number of nitrogens with zero attached hydrogens (tertiary/aromatic N) is 5. The molecule has 0 saturated heterocycles. The summed E-state index contributed by atoms with van der Waals surface area (Å²) in [6.07, 6.45) is 6.06. The lowest BCUT2D eigenvalue weighted by Crippen LogP contribution is -2.09. The number of fused-ring (bicyclic) bond motifs is 1. The number of aromatic nitrogens is 5. The molecule has 0 aliphatic rings. The molecule has 6 nitrogen and oxygen atoms in total. The van der Waals surface area contributed by atoms with E-state index in [2.05, 4.69) is 41.4 Å². The van der Waals surface area contributed by atoms with Gasteiger partial charge in [0.05, 0.1) is 11.2 Å². The zero-order chi connectivity index (χ0) is 13.9. The second-order valence-corrected chi connectivity index (χ2v) is 5.33. The van der Waals surface area contributed by atoms with Gasteiger partial charge in [-0.1, -0.05) is 0 Å². The van der Waals surface area contributed by atoms with E-state index in [-0.39, 0.29) is 0 Å². The summed E-state index contributed by atoms with van der Waals surface area (Å²) >= 11 is 3.40. The topological polar surface area (TPSA) is 68.5 Å². The predicted molar refractivity (Wildman–Crippen MR) is 80.4 cm³/mol. The fourth-order valence-corrected chi connectivity index (χ4v) is 2.31. The van der Waals surface area contributed by atoms with Crippen LogP contribution in [0.3, 0.4) is 0 Å². The van der Waals surface area contributed by atoms with Gasteiger partial charge in [-0.05, 0) is 28.1 Å². The van der Waals surface area contributed by atoms with Gasteiger partial charge in [0.2, 0.25) is 0 Å². The third-order valence-corrected chi connectivity index (χ3v) is 3.45. The molecule has 0 radical (unpaired) electrons. The molecule has 0 atom stereocenters. The van der Waals surface area contributed by atoms with Crippen molar-refractivity contribution < 1.29 is 0 Å². The largest absolute Gasteiger partial charge is 0.383 e. The van der Waals surface area contributed by atoms with E-state index in [0.717, 1.165) is 40.0 Å². The van der Waals surface area contributed by atoms with E-state index in [1.165, 1.54) is 0 Å². The molecular weight excluding hydrogens is 320 g/mol. The maximum absolute atomic E-state index is 4.41. The summed E-state index contributed by atoms with van der Waals surface area (Å²) in [7, 11) is 1.94. The molecule has 0 aromatic carbocycles. The molecule has 0 unspecified atom stereocenters. The first-order valence-corrected chi connectivity index (χ1v) is 7.00. The summed E-state index contributed by atoms with van der Waals surface area (Å²) < 4.78 is 2.84. The van der Waals surface area contributed by atoms with Crippen LogP contribution in [-0.4, -0.2) is 31.3 Å². The molecule has 0 saturated carbocycles. The molecule has 3 rings (SSSR count). The number of hydrogen-bond acceptors (Lipinski definition) is 5. The van der Waals surface area contributed by atoms with Crippen LogP contribution in [0.4, 0.5) is 5.69 Å². The molecule has 0 aliphatic heterocycles. The van der Waals surface area contributed by atoms with Gasteiger partial charge < -0.3 is 9.88 Å². The van der Waals surface area contributed by atoms with Gasteiger partial charge in [0.1, 0.15) is 17.7 Å². The summed E-state index contributed by atoms with van der Waals surface area (Å²) in [5.41, 5.74) is 2.71. The summed E-state index contributed by atoms with van der Waals surface area (Å²) in [4.78, 5) is 8.72. The average Bonchev–Trinajstić information content (AvgIpc) is 2.84. The average molecular weight is 333 g/mol. The lowest BCUT2D eigenvalue weighted by Gasteiger charge is -2.08. The van der Waals surface area contributed by atoms with Crippen molar-refractivity contribution in [1.82, 2.24) is 24.7 Å². The first kappa shape index (κ1) is 13.0. The van der Waals surface area contributed by atoms with Crippen LogP contribution >= 0.6 is 15.9 Å². The van der Waals surface area contributed by atoms with Crippen molar-refractivity contribution in [2.75, 3.05) is 11.9 Å². The molecule has 3 heterocycles. The standard InChI is InChI=1S/C13H13BrN6/c1-20-8-18-19-12(20)3-5-15-10-2-4-16-11-6-9(14)7-17-13(10)11/h2,4,6-8H,3,5H2,1H3,(H,15,16). The van der Waals surface area contributed by atoms with E-state index < -0.39 is 0 Å². The molecule has 20 heavy (non-hydrogen) atoms. The number of nitrogens with one attached hydrogen (secondary N) is 1. The zero-order valence-corrected chi connectivity index (χ0v) is 12.5. The minimum atomic E-state index is 0.767. The molecule has 3 aromatic heterocycles. The van der Waals surface area contributed by atoms with Crippen molar-refractivity contribution in [3.63, 3.8) is 0 Å². The summed E-state index contributed by atoms with van der Waals surface area (Å²) in [6, 6.07) is 3.89. The van der Waals surface area contributed by atoms with Gasteiger partial charge >= 0.3 is 0 Å². The fourth-order valence-electron chi connectivity index (χ4n) is 1.99. The second kappa shape index (κ2) is 5.54. The van der Waals surface area contributed by atoms with Crippen LogP contribution in [-0.2, 0) is 13.5 Å². The van der Waals surface area contributed by atoms with Crippen molar-refractivity contribution in [2.24, 2.45) is 7.05 Å². The van der Waals surface area contributed by atoms with E-state index in [4.69, 9.17) is 0 Å². The first-order chi connectivity index (χ1) is 9.74. The summed E-state index contributed by atoms with van der Waals surface area (Å²) in [5, 5.41) is 11.3. The third-order valence-electron chi connectivity index (χ3n) is 3.01. The van der Waals surface area contributed by atoms with Gasteiger partial charge in [-0.25, -0.2) is 0 Å². The normalized spacial score (nSPS) is 10.9. The highest BCUT2D eigenvalue weighted by Crippen LogP contribution is 2.21. The molecular formula is C13H13BrN6. The molecule has 1 N–H and O–H groups in total. The third kappa shape index (κ3) is 2.62. The second-order valence-electron chi connectivity index (χ2n) is 4.41. The Labute approximate surface area is 124 Å². The van der Waals surface area contributed by atoms with Crippen molar-refractivity contribution in [3.8, 4) is 0 Å². The van der Waals surface area contributed by atoms with E-state index in [9.17, 15) is 0 Å². The lowest BCUT2D eigenvalue weighted by molar-refractivity contribution is 0.788. The van der Waals surface area contributed by atoms with Crippen LogP contribution in [0.25, 0.3) is 11.0 Å². The maximum Gasteiger partial charge on any atom is 0.134 e. The van der Waals surface area contributed by atoms with E-state index in [1.54, 1.807) is 18.7 Å². The lowest BCUT2D eigenvalue weighted by atomic mass is 10.2. The van der Waals surface area contributed by atoms with Crippen molar-refractivity contribution >= 4 is 32.7 Å². The number of pyridine rings is 2. The summed E-state index contributed by atoms with van der Waals surface area (Å²) in [6.45, 7) is 0.767. The van der Waals surface area contributed by atoms with Gasteiger partial charge in [-0.15, -0.1) is 10.2 Å². The van der Waals surface area contributed by atoms with E-state index >= 15 is 0 Å². The SMILES string of the molecule is Cn1cnnc1CCNc1ccnc2cc(Br)cnc12. The van der Waals surface area contributed by atoms with Crippen molar-refractivity contribution in [3.05, 3.63) is 41.2 Å². The molecule has 0 amide bonds. The molecule has 102 valence electrons. The number of rotatable bonds is 4. The van der Waals surface area contributed by atoms with Gasteiger partial charge in [-0.3, -0.25) is 9.97 Å². The number of anilines is 1. The van der Waals surface area contributed by atoms with E-state index in [0.29, 0.717) is 0 Å². The number of halogens is 1. The smallest absolute Gasteiger partial charge is 0.134 e. The van der Waals surface area contributed by atoms with Crippen LogP contribution in [0.2, 0.25) is 0 Å². The Morgan fingerprint density at radius 1 is 1.35 bits per heavy atom. The Bertz CT molecular complexity index is 739. The first-order valence-electron chi connectivity index (χ1n) is 6.21. The van der Waals surface area contributed by atoms with Gasteiger partial charge in [0.15, 0.2) is 0 Å². The highest BCUT2D eigenvalue weighted by molar-refractivity contribution is 9.10. The van der Waals surface area contributed by atoms with Crippen molar-refractivity contribution in [2.45, 2.75) is 6.42 Å². The highest BCUT2D eigenvalue weighted by atomic mass is 79.9. The van der Waals surface area contributed by atoms with Crippen LogP contribution in [0, 0.1) is 0 Å². The Balaban J connectivity index is 1.76. The molecule has 0 fully saturated rings. The molecule has 0 aliphatic carbocycles. The van der Waals surface area contributed by atoms with Crippen molar-refractivity contribution in [1.29, 1.82) is 0 Å². The van der Waals surface area contributed by atoms with E-state index in [1.807, 2.05) is 23.7 Å². The van der Waals surface area contributed by atoms with Crippen LogP contribution in [0.5, 0.6) is 0 Å². The number of aryl methyl sites for hydroxylation is 1. The Morgan fingerprint density at radius 3 is 3.05 bits per heavy atom. The summed E-state index contributed by atoms with van der Waals surface area (Å²) in [5.74, 6) is 0.951. The molecule has 0 bridgehead atoms. The van der Waals surface area contributed by atoms with Gasteiger partial charge in [0.25, 0.3) is 0 Å². The van der Waals surface area contributed by atoms with Crippen LogP contribution in [0.1, 0.15) is 5.82 Å². The predicted octanol–water partition coefficient (Wildman–Crippen LogP) is 2.18. The monoisotopic (exact) mass is 332 g/mol. The zero-order valence-electron chi connectivity index (χ0n) is 10.9. The number of hydrogen-bond donors (Lipinski definition) is 1. The minimum absolute atomic E-state index is 0.767. The quantitative estimate of drug-likeness (QED) is 0.793. The Hall–Kier alpha value is -2.02. The molecule has 3 aromatic rings. The Morgan fingerprint density at radius 2 is 2.25 bits per heavy atom. The van der Waals surface area contributed by atoms with Crippen LogP contribution < -0.4 is 5.32 Å². The van der Waals surface area contributed by atoms with Gasteiger partial charge in [-0.2, -0.15) is 0 Å². The highest BCUT2D eigenvalue weighted by Gasteiger charge is 2.05. The molecule has 0 spiro atoms. The fraction of sp³-hybridized carbons (Fsp3) is 0.231.